The van der Waals surface area contributed by atoms with Crippen LogP contribution in [0.25, 0.3) is 0 Å². The number of hydrogen-bond acceptors (Lipinski definition) is 4. The number of ketones is 1. The normalized spacial score (nSPS) is 15.5. The lowest BCUT2D eigenvalue weighted by atomic mass is 10.2. The highest BCUT2D eigenvalue weighted by Crippen LogP contribution is 2.10. The molecule has 0 saturated carbocycles. The predicted molar refractivity (Wildman–Crippen MR) is 75.3 cm³/mol. The van der Waals surface area contributed by atoms with Gasteiger partial charge in [-0.05, 0) is 24.6 Å². The summed E-state index contributed by atoms with van der Waals surface area (Å²) in [5, 5.41) is 4.25. The summed E-state index contributed by atoms with van der Waals surface area (Å²) in [6, 6.07) is 7.88. The van der Waals surface area contributed by atoms with Crippen LogP contribution in [0.3, 0.4) is 0 Å². The molecule has 1 aromatic carbocycles. The van der Waals surface area contributed by atoms with Crippen LogP contribution >= 0.6 is 0 Å². The van der Waals surface area contributed by atoms with Gasteiger partial charge in [0.05, 0.1) is 18.9 Å². The van der Waals surface area contributed by atoms with Crippen LogP contribution in [0.2, 0.25) is 0 Å². The quantitative estimate of drug-likeness (QED) is 0.426. The summed E-state index contributed by atoms with van der Waals surface area (Å²) in [7, 11) is 0. The number of nitrogens with one attached hydrogen (secondary N) is 1. The molecule has 1 aliphatic heterocycles. The van der Waals surface area contributed by atoms with E-state index in [1.165, 1.54) is 6.92 Å². The molecule has 0 bridgehead atoms. The largest absolute Gasteiger partial charge is 1.00 e. The van der Waals surface area contributed by atoms with Crippen molar-refractivity contribution in [2.45, 2.75) is 13.8 Å². The van der Waals surface area contributed by atoms with E-state index in [-0.39, 0.29) is 18.2 Å². The van der Waals surface area contributed by atoms with Gasteiger partial charge in [-0.2, -0.15) is 5.10 Å². The fraction of sp³-hybridized carbons (Fsp3) is 0.429. The number of hydrogen-bond donors (Lipinski definition) is 1. The number of nitrogens with zero attached hydrogens (tertiary/aromatic N) is 2. The molecule has 6 heteroatoms. The number of carbonyl (C=O) groups excluding carboxylic acids is 1. The number of aryl methyl sites for hydroxylation is 1. The third kappa shape index (κ3) is 4.51. The molecule has 110 valence electrons. The third-order valence-corrected chi connectivity index (χ3v) is 2.93. The van der Waals surface area contributed by atoms with Crippen LogP contribution in [0.15, 0.2) is 29.4 Å². The van der Waals surface area contributed by atoms with Crippen LogP contribution in [0.1, 0.15) is 12.5 Å². The molecule has 2 rings (SSSR count). The Morgan fingerprint density at radius 3 is 2.65 bits per heavy atom. The number of Topliss-reactive ketones (excluding diaryl/α,β-unsaturated/α-hetero) is 1. The van der Waals surface area contributed by atoms with Gasteiger partial charge in [-0.3, -0.25) is 10.2 Å². The Morgan fingerprint density at radius 2 is 2.05 bits per heavy atom. The van der Waals surface area contributed by atoms with Gasteiger partial charge in [-0.25, -0.2) is 0 Å². The van der Waals surface area contributed by atoms with Crippen LogP contribution in [-0.2, 0) is 9.53 Å². The second kappa shape index (κ2) is 7.87. The maximum Gasteiger partial charge on any atom is 0.196 e. The Bertz CT molecular complexity index is 485. The van der Waals surface area contributed by atoms with E-state index in [4.69, 9.17) is 4.74 Å². The summed E-state index contributed by atoms with van der Waals surface area (Å²) in [4.78, 5) is 13.6. The average Bonchev–Trinajstić information content (AvgIpc) is 2.40. The summed E-state index contributed by atoms with van der Waals surface area (Å²) in [5.41, 5.74) is 4.98. The summed E-state index contributed by atoms with van der Waals surface area (Å²) >= 11 is 0. The maximum absolute atomic E-state index is 11.7. The molecule has 0 aromatic heterocycles. The Morgan fingerprint density at radius 1 is 1.35 bits per heavy atom. The fourth-order valence-electron chi connectivity index (χ4n) is 1.98. The monoisotopic (exact) mass is 296 g/mol. The summed E-state index contributed by atoms with van der Waals surface area (Å²) in [6.07, 6.45) is 0. The van der Waals surface area contributed by atoms with Crippen molar-refractivity contribution in [2.24, 2.45) is 5.10 Å². The minimum atomic E-state index is -0.0398. The molecule has 1 saturated heterocycles. The van der Waals surface area contributed by atoms with Crippen LogP contribution in [0.4, 0.5) is 5.69 Å². The number of hydrazone groups is 1. The van der Waals surface area contributed by atoms with Crippen molar-refractivity contribution < 1.29 is 21.9 Å². The lowest BCUT2D eigenvalue weighted by Crippen LogP contribution is -3.00. The molecule has 0 aliphatic carbocycles. The minimum Gasteiger partial charge on any atom is -1.00 e. The number of morpholine rings is 1. The molecule has 1 aliphatic rings. The molecule has 1 aromatic rings. The number of halogens is 1. The van der Waals surface area contributed by atoms with Gasteiger partial charge in [0.1, 0.15) is 0 Å². The number of anilines is 1. The van der Waals surface area contributed by atoms with E-state index in [1.807, 2.05) is 36.1 Å². The van der Waals surface area contributed by atoms with Crippen molar-refractivity contribution in [1.82, 2.24) is 4.90 Å². The highest BCUT2D eigenvalue weighted by Gasteiger charge is 2.18. The highest BCUT2D eigenvalue weighted by molar-refractivity contribution is 6.37. The molecule has 0 amide bonds. The van der Waals surface area contributed by atoms with Crippen LogP contribution in [-0.4, -0.2) is 42.8 Å². The second-order valence-electron chi connectivity index (χ2n) is 4.57. The summed E-state index contributed by atoms with van der Waals surface area (Å²) in [6.45, 7) is 6.23. The zero-order chi connectivity index (χ0) is 13.7. The van der Waals surface area contributed by atoms with Gasteiger partial charge < -0.3 is 22.0 Å². The number of ether oxygens (including phenoxy) is 1. The van der Waals surface area contributed by atoms with E-state index in [1.54, 1.807) is 0 Å². The Labute approximate surface area is 125 Å². The van der Waals surface area contributed by atoms with Gasteiger partial charge >= 0.3 is 0 Å². The molecule has 0 radical (unpaired) electrons. The van der Waals surface area contributed by atoms with E-state index < -0.39 is 0 Å². The number of rotatable bonds is 3. The SMILES string of the molecule is CC(=O)C(=NNc1cccc(C)c1)N1CCOCC1.[Cl-]. The van der Waals surface area contributed by atoms with E-state index in [0.717, 1.165) is 11.3 Å². The Balaban J connectivity index is 0.00000200. The third-order valence-electron chi connectivity index (χ3n) is 2.93. The molecule has 0 spiro atoms. The molecular formula is C14H19ClN3O2-. The van der Waals surface area contributed by atoms with Crippen molar-refractivity contribution in [3.63, 3.8) is 0 Å². The van der Waals surface area contributed by atoms with Crippen molar-refractivity contribution >= 4 is 17.3 Å². The fourth-order valence-corrected chi connectivity index (χ4v) is 1.98. The Hall–Kier alpha value is -1.59. The van der Waals surface area contributed by atoms with Gasteiger partial charge in [0.25, 0.3) is 0 Å². The first-order valence-corrected chi connectivity index (χ1v) is 6.41. The van der Waals surface area contributed by atoms with E-state index in [2.05, 4.69) is 10.5 Å². The highest BCUT2D eigenvalue weighted by atomic mass is 35.5. The van der Waals surface area contributed by atoms with Crippen molar-refractivity contribution in [1.29, 1.82) is 0 Å². The van der Waals surface area contributed by atoms with Crippen molar-refractivity contribution in [2.75, 3.05) is 31.7 Å². The van der Waals surface area contributed by atoms with Crippen LogP contribution < -0.4 is 17.8 Å². The number of carbonyl (C=O) groups is 1. The summed E-state index contributed by atoms with van der Waals surface area (Å²) < 4.78 is 5.28. The smallest absolute Gasteiger partial charge is 0.196 e. The van der Waals surface area contributed by atoms with E-state index in [0.29, 0.717) is 32.1 Å². The average molecular weight is 297 g/mol. The first-order chi connectivity index (χ1) is 9.16. The predicted octanol–water partition coefficient (Wildman–Crippen LogP) is -1.35. The van der Waals surface area contributed by atoms with Gasteiger partial charge in [0.2, 0.25) is 0 Å². The van der Waals surface area contributed by atoms with Gasteiger partial charge in [0.15, 0.2) is 11.6 Å². The maximum atomic E-state index is 11.7. The molecule has 20 heavy (non-hydrogen) atoms. The zero-order valence-electron chi connectivity index (χ0n) is 11.7. The number of amidine groups is 1. The van der Waals surface area contributed by atoms with Crippen molar-refractivity contribution in [3.8, 4) is 0 Å². The molecular weight excluding hydrogens is 278 g/mol. The number of benzene rings is 1. The minimum absolute atomic E-state index is 0. The van der Waals surface area contributed by atoms with Crippen molar-refractivity contribution in [3.05, 3.63) is 29.8 Å². The molecule has 5 nitrogen and oxygen atoms in total. The zero-order valence-corrected chi connectivity index (χ0v) is 12.5. The van der Waals surface area contributed by atoms with Gasteiger partial charge in [-0.15, -0.1) is 0 Å². The van der Waals surface area contributed by atoms with Crippen LogP contribution in [0.5, 0.6) is 0 Å². The first kappa shape index (κ1) is 16.5. The molecule has 0 unspecified atom stereocenters. The Kier molecular flexibility index (Phi) is 6.48. The van der Waals surface area contributed by atoms with Crippen LogP contribution in [0, 0.1) is 6.92 Å². The lowest BCUT2D eigenvalue weighted by molar-refractivity contribution is -0.112. The molecule has 1 heterocycles. The topological polar surface area (TPSA) is 53.9 Å². The standard InChI is InChI=1S/C14H19N3O2.ClH/c1-11-4-3-5-13(10-11)15-16-14(12(2)18)17-6-8-19-9-7-17;/h3-5,10,15H,6-9H2,1-2H3;1H/p-1. The summed E-state index contributed by atoms with van der Waals surface area (Å²) in [5.74, 6) is 0.423. The van der Waals surface area contributed by atoms with Gasteiger partial charge in [0, 0.05) is 20.0 Å². The molecule has 1 N–H and O–H groups in total. The second-order valence-corrected chi connectivity index (χ2v) is 4.57. The first-order valence-electron chi connectivity index (χ1n) is 6.41. The lowest BCUT2D eigenvalue weighted by Gasteiger charge is -2.28. The van der Waals surface area contributed by atoms with E-state index >= 15 is 0 Å². The van der Waals surface area contributed by atoms with E-state index in [9.17, 15) is 4.79 Å². The molecule has 1 fully saturated rings. The molecule has 0 atom stereocenters. The van der Waals surface area contributed by atoms with Gasteiger partial charge in [-0.1, -0.05) is 12.1 Å².